The van der Waals surface area contributed by atoms with Crippen molar-refractivity contribution in [1.82, 2.24) is 0 Å². The number of aliphatic hydroxyl groups excluding tert-OH is 1. The molecule has 1 aromatic rings. The number of para-hydroxylation sites is 1. The highest BCUT2D eigenvalue weighted by Gasteiger charge is 2.33. The van der Waals surface area contributed by atoms with Gasteiger partial charge in [0.1, 0.15) is 0 Å². The molecule has 1 aliphatic rings. The summed E-state index contributed by atoms with van der Waals surface area (Å²) in [6.07, 6.45) is -0.628. The van der Waals surface area contributed by atoms with Crippen LogP contribution in [0.15, 0.2) is 29.2 Å². The molecule has 0 aliphatic carbocycles. The number of hydrogen-bond donors (Lipinski definition) is 2. The lowest BCUT2D eigenvalue weighted by Gasteiger charge is -2.21. The molecule has 0 saturated heterocycles. The molecule has 4 heteroatoms. The Bertz CT molecular complexity index is 406. The van der Waals surface area contributed by atoms with Gasteiger partial charge < -0.3 is 10.4 Å². The topological polar surface area (TPSA) is 49.3 Å². The van der Waals surface area contributed by atoms with Crippen LogP contribution in [0, 0.1) is 5.92 Å². The summed E-state index contributed by atoms with van der Waals surface area (Å²) >= 11 is 1.63. The normalized spacial score (nSPS) is 26.6. The predicted molar refractivity (Wildman–Crippen MR) is 65.6 cm³/mol. The van der Waals surface area contributed by atoms with Gasteiger partial charge in [-0.2, -0.15) is 0 Å². The smallest absolute Gasteiger partial charge is 0.231 e. The van der Waals surface area contributed by atoms with Gasteiger partial charge in [0.2, 0.25) is 5.91 Å². The third-order valence-corrected chi connectivity index (χ3v) is 4.06. The molecule has 1 aliphatic heterocycles. The molecule has 3 atom stereocenters. The fourth-order valence-electron chi connectivity index (χ4n) is 1.99. The predicted octanol–water partition coefficient (Wildman–Crippen LogP) is 2.12. The minimum atomic E-state index is -0.628. The first-order chi connectivity index (χ1) is 7.59. The number of aliphatic hydroxyl groups is 1. The maximum absolute atomic E-state index is 11.9. The third kappa shape index (κ3) is 2.08. The van der Waals surface area contributed by atoms with Crippen molar-refractivity contribution in [2.45, 2.75) is 30.1 Å². The number of fused-ring (bicyclic) bond motifs is 1. The van der Waals surface area contributed by atoms with E-state index in [-0.39, 0.29) is 17.1 Å². The second kappa shape index (κ2) is 4.47. The Labute approximate surface area is 99.2 Å². The molecular weight excluding hydrogens is 222 g/mol. The zero-order chi connectivity index (χ0) is 11.7. The zero-order valence-corrected chi connectivity index (χ0v) is 10.1. The highest BCUT2D eigenvalue weighted by atomic mass is 32.2. The number of hydrogen-bond acceptors (Lipinski definition) is 3. The average Bonchev–Trinajstić information content (AvgIpc) is 2.32. The number of thioether (sulfide) groups is 1. The Morgan fingerprint density at radius 3 is 2.81 bits per heavy atom. The van der Waals surface area contributed by atoms with E-state index >= 15 is 0 Å². The number of carbonyl (C=O) groups excluding carboxylic acids is 1. The summed E-state index contributed by atoms with van der Waals surface area (Å²) in [5.41, 5.74) is 0.840. The van der Waals surface area contributed by atoms with E-state index < -0.39 is 6.10 Å². The molecule has 3 nitrogen and oxygen atoms in total. The minimum absolute atomic E-state index is 0.0728. The van der Waals surface area contributed by atoms with Crippen LogP contribution in [0.2, 0.25) is 0 Å². The van der Waals surface area contributed by atoms with Crippen molar-refractivity contribution in [2.24, 2.45) is 5.92 Å². The van der Waals surface area contributed by atoms with E-state index in [0.29, 0.717) is 0 Å². The lowest BCUT2D eigenvalue weighted by molar-refractivity contribution is -0.122. The molecule has 2 N–H and O–H groups in total. The fraction of sp³-hybridized carbons (Fsp3) is 0.417. The highest BCUT2D eigenvalue weighted by Crippen LogP contribution is 2.37. The third-order valence-electron chi connectivity index (χ3n) is 2.79. The van der Waals surface area contributed by atoms with Gasteiger partial charge in [-0.15, -0.1) is 11.8 Å². The minimum Gasteiger partial charge on any atom is -0.393 e. The molecule has 0 unspecified atom stereocenters. The quantitative estimate of drug-likeness (QED) is 0.786. The van der Waals surface area contributed by atoms with Crippen LogP contribution in [-0.2, 0) is 4.79 Å². The molecule has 86 valence electrons. The van der Waals surface area contributed by atoms with Gasteiger partial charge in [-0.3, -0.25) is 4.79 Å². The Morgan fingerprint density at radius 1 is 1.44 bits per heavy atom. The van der Waals surface area contributed by atoms with Crippen molar-refractivity contribution >= 4 is 23.4 Å². The van der Waals surface area contributed by atoms with Crippen molar-refractivity contribution in [3.05, 3.63) is 24.3 Å². The van der Waals surface area contributed by atoms with E-state index in [1.165, 1.54) is 0 Å². The van der Waals surface area contributed by atoms with Crippen LogP contribution in [0.4, 0.5) is 5.69 Å². The summed E-state index contributed by atoms with van der Waals surface area (Å²) < 4.78 is 0. The SMILES string of the molecule is C[C@@H]1Sc2ccccc2NC(=O)[C@H]1[C@@H](C)O. The number of rotatable bonds is 1. The summed E-state index contributed by atoms with van der Waals surface area (Å²) in [7, 11) is 0. The van der Waals surface area contributed by atoms with E-state index in [4.69, 9.17) is 0 Å². The highest BCUT2D eigenvalue weighted by molar-refractivity contribution is 8.00. The molecule has 1 amide bonds. The average molecular weight is 237 g/mol. The van der Waals surface area contributed by atoms with Crippen LogP contribution < -0.4 is 5.32 Å². The Morgan fingerprint density at radius 2 is 2.12 bits per heavy atom. The second-order valence-electron chi connectivity index (χ2n) is 4.07. The summed E-state index contributed by atoms with van der Waals surface area (Å²) in [5, 5.41) is 12.6. The van der Waals surface area contributed by atoms with Crippen molar-refractivity contribution in [3.8, 4) is 0 Å². The van der Waals surface area contributed by atoms with Crippen molar-refractivity contribution in [1.29, 1.82) is 0 Å². The molecule has 1 heterocycles. The van der Waals surface area contributed by atoms with Crippen molar-refractivity contribution in [2.75, 3.05) is 5.32 Å². The molecule has 0 saturated carbocycles. The molecule has 0 radical (unpaired) electrons. The van der Waals surface area contributed by atoms with E-state index in [9.17, 15) is 9.90 Å². The Balaban J connectivity index is 2.35. The maximum atomic E-state index is 11.9. The van der Waals surface area contributed by atoms with Crippen LogP contribution >= 0.6 is 11.8 Å². The molecule has 1 aromatic carbocycles. The number of nitrogens with one attached hydrogen (secondary N) is 1. The molecule has 0 spiro atoms. The second-order valence-corrected chi connectivity index (χ2v) is 5.49. The monoisotopic (exact) mass is 237 g/mol. The molecule has 0 aromatic heterocycles. The zero-order valence-electron chi connectivity index (χ0n) is 9.31. The molecule has 16 heavy (non-hydrogen) atoms. The fourth-order valence-corrected chi connectivity index (χ4v) is 3.29. The lowest BCUT2D eigenvalue weighted by atomic mass is 9.99. The standard InChI is InChI=1S/C12H15NO2S/c1-7(14)11-8(2)16-10-6-4-3-5-9(10)13-12(11)15/h3-8,11,14H,1-2H3,(H,13,15)/t7-,8+,11+/m1/s1. The van der Waals surface area contributed by atoms with Gasteiger partial charge >= 0.3 is 0 Å². The summed E-state index contributed by atoms with van der Waals surface area (Å²) in [4.78, 5) is 13.0. The van der Waals surface area contributed by atoms with Gasteiger partial charge in [0, 0.05) is 10.1 Å². The first-order valence-corrected chi connectivity index (χ1v) is 6.22. The van der Waals surface area contributed by atoms with Crippen LogP contribution in [0.3, 0.4) is 0 Å². The molecule has 0 fully saturated rings. The van der Waals surface area contributed by atoms with Gasteiger partial charge in [-0.25, -0.2) is 0 Å². The Kier molecular flexibility index (Phi) is 3.21. The van der Waals surface area contributed by atoms with E-state index in [1.807, 2.05) is 31.2 Å². The van der Waals surface area contributed by atoms with Crippen LogP contribution in [0.1, 0.15) is 13.8 Å². The van der Waals surface area contributed by atoms with Crippen LogP contribution in [0.25, 0.3) is 0 Å². The van der Waals surface area contributed by atoms with Crippen LogP contribution in [-0.4, -0.2) is 22.4 Å². The number of anilines is 1. The molecule has 0 bridgehead atoms. The van der Waals surface area contributed by atoms with Gasteiger partial charge in [0.05, 0.1) is 17.7 Å². The Hall–Kier alpha value is -1.00. The van der Waals surface area contributed by atoms with Gasteiger partial charge in [0.15, 0.2) is 0 Å². The maximum Gasteiger partial charge on any atom is 0.231 e. The van der Waals surface area contributed by atoms with Crippen molar-refractivity contribution < 1.29 is 9.90 Å². The van der Waals surface area contributed by atoms with E-state index in [0.717, 1.165) is 10.6 Å². The van der Waals surface area contributed by atoms with Gasteiger partial charge in [-0.05, 0) is 19.1 Å². The summed E-state index contributed by atoms with van der Waals surface area (Å²) in [5.74, 6) is -0.461. The molecule has 2 rings (SSSR count). The first kappa shape index (κ1) is 11.5. The number of benzene rings is 1. The van der Waals surface area contributed by atoms with Crippen LogP contribution in [0.5, 0.6) is 0 Å². The van der Waals surface area contributed by atoms with E-state index in [1.54, 1.807) is 18.7 Å². The van der Waals surface area contributed by atoms with Crippen molar-refractivity contribution in [3.63, 3.8) is 0 Å². The van der Waals surface area contributed by atoms with Gasteiger partial charge in [-0.1, -0.05) is 19.1 Å². The molecular formula is C12H15NO2S. The number of amides is 1. The van der Waals surface area contributed by atoms with Gasteiger partial charge in [0.25, 0.3) is 0 Å². The lowest BCUT2D eigenvalue weighted by Crippen LogP contribution is -2.36. The van der Waals surface area contributed by atoms with E-state index in [2.05, 4.69) is 5.32 Å². The first-order valence-electron chi connectivity index (χ1n) is 5.34. The summed E-state index contributed by atoms with van der Waals surface area (Å²) in [6.45, 7) is 3.64. The number of carbonyl (C=O) groups is 1. The summed E-state index contributed by atoms with van der Waals surface area (Å²) in [6, 6.07) is 7.72. The largest absolute Gasteiger partial charge is 0.393 e.